The fourth-order valence-electron chi connectivity index (χ4n) is 3.99. The van der Waals surface area contributed by atoms with E-state index in [4.69, 9.17) is 4.98 Å². The van der Waals surface area contributed by atoms with Gasteiger partial charge in [0.05, 0.1) is 10.5 Å². The lowest BCUT2D eigenvalue weighted by Gasteiger charge is -2.34. The highest BCUT2D eigenvalue weighted by Gasteiger charge is 2.14. The molecule has 1 saturated heterocycles. The molecule has 3 heterocycles. The largest absolute Gasteiger partial charge is 0.369 e. The number of carbonyl (C=O) groups excluding carboxylic acids is 1. The van der Waals surface area contributed by atoms with Crippen LogP contribution in [0.25, 0.3) is 21.3 Å². The lowest BCUT2D eigenvalue weighted by molar-refractivity contribution is -0.111. The first-order valence-corrected chi connectivity index (χ1v) is 12.0. The predicted molar refractivity (Wildman–Crippen MR) is 141 cm³/mol. The van der Waals surface area contributed by atoms with Crippen LogP contribution in [0.15, 0.2) is 73.4 Å². The molecule has 0 radical (unpaired) electrons. The van der Waals surface area contributed by atoms with E-state index in [9.17, 15) is 4.79 Å². The lowest BCUT2D eigenvalue weighted by atomic mass is 10.1. The summed E-state index contributed by atoms with van der Waals surface area (Å²) in [6.07, 6.45) is 3.10. The number of hydrogen-bond acceptors (Lipinski definition) is 7. The monoisotopic (exact) mass is 470 g/mol. The minimum atomic E-state index is -0.223. The van der Waals surface area contributed by atoms with Crippen molar-refractivity contribution in [3.05, 3.63) is 73.4 Å². The molecule has 172 valence electrons. The summed E-state index contributed by atoms with van der Waals surface area (Å²) >= 11 is 1.50. The molecule has 4 aromatic rings. The first kappa shape index (κ1) is 22.1. The molecule has 1 fully saturated rings. The quantitative estimate of drug-likeness (QED) is 0.387. The summed E-state index contributed by atoms with van der Waals surface area (Å²) in [5, 5.41) is 7.88. The van der Waals surface area contributed by atoms with Crippen molar-refractivity contribution in [3.8, 4) is 10.4 Å². The molecule has 0 atom stereocenters. The van der Waals surface area contributed by atoms with Gasteiger partial charge in [-0.3, -0.25) is 4.79 Å². The molecule has 0 spiro atoms. The van der Waals surface area contributed by atoms with Crippen LogP contribution in [0.5, 0.6) is 0 Å². The maximum absolute atomic E-state index is 11.6. The Labute approximate surface area is 202 Å². The molecule has 1 aliphatic heterocycles. The number of carbonyl (C=O) groups is 1. The topological polar surface area (TPSA) is 73.4 Å². The molecule has 2 aromatic carbocycles. The van der Waals surface area contributed by atoms with Crippen LogP contribution < -0.4 is 15.5 Å². The number of piperazine rings is 1. The van der Waals surface area contributed by atoms with Gasteiger partial charge >= 0.3 is 0 Å². The molecule has 1 amide bonds. The van der Waals surface area contributed by atoms with Crippen molar-refractivity contribution in [2.24, 2.45) is 0 Å². The lowest BCUT2D eigenvalue weighted by Crippen LogP contribution is -2.44. The average molecular weight is 471 g/mol. The Morgan fingerprint density at radius 1 is 1.06 bits per heavy atom. The highest BCUT2D eigenvalue weighted by molar-refractivity contribution is 7.19. The third-order valence-corrected chi connectivity index (χ3v) is 6.94. The molecule has 0 aliphatic carbocycles. The van der Waals surface area contributed by atoms with Gasteiger partial charge in [0.15, 0.2) is 0 Å². The SMILES string of the molecule is C=CC(=O)Nc1ccc(-c2cccc3cnc(Nc4ccc(N5CCN(C)CC5)cc4)nc23)s1. The number of anilines is 4. The van der Waals surface area contributed by atoms with Gasteiger partial charge in [-0.15, -0.1) is 11.3 Å². The van der Waals surface area contributed by atoms with Crippen molar-refractivity contribution in [3.63, 3.8) is 0 Å². The maximum atomic E-state index is 11.6. The van der Waals surface area contributed by atoms with Crippen molar-refractivity contribution >= 4 is 50.5 Å². The molecule has 0 saturated carbocycles. The van der Waals surface area contributed by atoms with Crippen molar-refractivity contribution in [2.45, 2.75) is 0 Å². The maximum Gasteiger partial charge on any atom is 0.248 e. The Morgan fingerprint density at radius 2 is 1.85 bits per heavy atom. The van der Waals surface area contributed by atoms with Gasteiger partial charge in [0, 0.05) is 59.6 Å². The zero-order chi connectivity index (χ0) is 23.5. The van der Waals surface area contributed by atoms with Crippen molar-refractivity contribution in [1.82, 2.24) is 14.9 Å². The molecular weight excluding hydrogens is 444 g/mol. The zero-order valence-electron chi connectivity index (χ0n) is 19.0. The molecule has 2 N–H and O–H groups in total. The molecule has 7 nitrogen and oxygen atoms in total. The number of benzene rings is 2. The van der Waals surface area contributed by atoms with E-state index in [1.807, 2.05) is 36.5 Å². The van der Waals surface area contributed by atoms with Gasteiger partial charge in [-0.05, 0) is 49.5 Å². The van der Waals surface area contributed by atoms with Gasteiger partial charge in [-0.2, -0.15) is 0 Å². The Morgan fingerprint density at radius 3 is 2.62 bits per heavy atom. The minimum Gasteiger partial charge on any atom is -0.369 e. The van der Waals surface area contributed by atoms with Gasteiger partial charge in [0.2, 0.25) is 11.9 Å². The van der Waals surface area contributed by atoms with E-state index in [-0.39, 0.29) is 5.91 Å². The van der Waals surface area contributed by atoms with Crippen LogP contribution in [0.4, 0.5) is 22.3 Å². The van der Waals surface area contributed by atoms with Crippen LogP contribution in [0, 0.1) is 0 Å². The fourth-order valence-corrected chi connectivity index (χ4v) is 4.92. The minimum absolute atomic E-state index is 0.223. The summed E-state index contributed by atoms with van der Waals surface area (Å²) in [5.41, 5.74) is 4.03. The number of aromatic nitrogens is 2. The molecule has 8 heteroatoms. The third kappa shape index (κ3) is 4.78. The molecule has 0 bridgehead atoms. The smallest absolute Gasteiger partial charge is 0.248 e. The molecule has 5 rings (SSSR count). The fraction of sp³-hybridized carbons (Fsp3) is 0.192. The number of fused-ring (bicyclic) bond motifs is 1. The van der Waals surface area contributed by atoms with Gasteiger partial charge in [-0.1, -0.05) is 24.8 Å². The van der Waals surface area contributed by atoms with E-state index in [1.54, 1.807) is 0 Å². The Hall–Kier alpha value is -3.75. The molecule has 2 aromatic heterocycles. The Kier molecular flexibility index (Phi) is 6.24. The van der Waals surface area contributed by atoms with Crippen molar-refractivity contribution < 1.29 is 4.79 Å². The summed E-state index contributed by atoms with van der Waals surface area (Å²) in [5.74, 6) is 0.322. The van der Waals surface area contributed by atoms with Crippen LogP contribution in [-0.4, -0.2) is 54.0 Å². The number of nitrogens with one attached hydrogen (secondary N) is 2. The summed E-state index contributed by atoms with van der Waals surface area (Å²) < 4.78 is 0. The second-order valence-corrected chi connectivity index (χ2v) is 9.34. The third-order valence-electron chi connectivity index (χ3n) is 5.91. The second kappa shape index (κ2) is 9.62. The number of likely N-dealkylation sites (N-methyl/N-ethyl adjacent to an activating group) is 1. The Bertz CT molecular complexity index is 1320. The van der Waals surface area contributed by atoms with Crippen LogP contribution in [0.1, 0.15) is 0 Å². The van der Waals surface area contributed by atoms with Crippen LogP contribution in [0.3, 0.4) is 0 Å². The first-order valence-electron chi connectivity index (χ1n) is 11.2. The van der Waals surface area contributed by atoms with Crippen LogP contribution >= 0.6 is 11.3 Å². The summed E-state index contributed by atoms with van der Waals surface area (Å²) in [7, 11) is 2.16. The summed E-state index contributed by atoms with van der Waals surface area (Å²) in [4.78, 5) is 26.7. The van der Waals surface area contributed by atoms with E-state index in [0.717, 1.165) is 58.2 Å². The van der Waals surface area contributed by atoms with E-state index in [0.29, 0.717) is 5.95 Å². The number of rotatable bonds is 6. The molecule has 1 aliphatic rings. The standard InChI is InChI=1S/C26H26N6OS/c1-3-23(33)29-24-12-11-22(34-24)21-6-4-5-18-17-27-26(30-25(18)21)28-19-7-9-20(10-8-19)32-15-13-31(2)14-16-32/h3-12,17H,1,13-16H2,2H3,(H,29,33)(H,27,28,30). The molecular formula is C26H26N6OS. The molecule has 34 heavy (non-hydrogen) atoms. The number of thiophene rings is 1. The highest BCUT2D eigenvalue weighted by atomic mass is 32.1. The van der Waals surface area contributed by atoms with Crippen LogP contribution in [0.2, 0.25) is 0 Å². The average Bonchev–Trinajstić information content (AvgIpc) is 3.32. The van der Waals surface area contributed by atoms with Gasteiger partial charge in [-0.25, -0.2) is 9.97 Å². The van der Waals surface area contributed by atoms with Crippen molar-refractivity contribution in [1.29, 1.82) is 0 Å². The number of hydrogen-bond donors (Lipinski definition) is 2. The second-order valence-electron chi connectivity index (χ2n) is 8.26. The van der Waals surface area contributed by atoms with Gasteiger partial charge in [0.25, 0.3) is 0 Å². The van der Waals surface area contributed by atoms with E-state index in [1.165, 1.54) is 23.1 Å². The first-order chi connectivity index (χ1) is 16.6. The van der Waals surface area contributed by atoms with Gasteiger partial charge < -0.3 is 20.4 Å². The molecule has 0 unspecified atom stereocenters. The van der Waals surface area contributed by atoms with E-state index >= 15 is 0 Å². The van der Waals surface area contributed by atoms with Crippen LogP contribution in [-0.2, 0) is 4.79 Å². The van der Waals surface area contributed by atoms with E-state index < -0.39 is 0 Å². The number of nitrogens with zero attached hydrogens (tertiary/aromatic N) is 4. The normalized spacial score (nSPS) is 14.2. The highest BCUT2D eigenvalue weighted by Crippen LogP contribution is 2.35. The summed E-state index contributed by atoms with van der Waals surface area (Å²) in [6.45, 7) is 7.75. The van der Waals surface area contributed by atoms with E-state index in [2.05, 4.69) is 63.3 Å². The Balaban J connectivity index is 1.37. The predicted octanol–water partition coefficient (Wildman–Crippen LogP) is 4.98. The summed E-state index contributed by atoms with van der Waals surface area (Å²) in [6, 6.07) is 18.3. The number of para-hydroxylation sites is 1. The van der Waals surface area contributed by atoms with Crippen molar-refractivity contribution in [2.75, 3.05) is 48.8 Å². The zero-order valence-corrected chi connectivity index (χ0v) is 19.8. The number of amides is 1. The van der Waals surface area contributed by atoms with Gasteiger partial charge in [0.1, 0.15) is 0 Å².